The molecular formula is C10H19NO4S. The van der Waals surface area contributed by atoms with Gasteiger partial charge in [-0.15, -0.1) is 0 Å². The first-order valence-electron chi connectivity index (χ1n) is 5.52. The van der Waals surface area contributed by atoms with Crippen LogP contribution in [0, 0.1) is 0 Å². The zero-order valence-corrected chi connectivity index (χ0v) is 10.3. The number of aliphatic hydroxyl groups excluding tert-OH is 1. The molecule has 1 aliphatic rings. The summed E-state index contributed by atoms with van der Waals surface area (Å²) in [6.45, 7) is 0. The summed E-state index contributed by atoms with van der Waals surface area (Å²) >= 11 is 0. The molecule has 1 rings (SSSR count). The van der Waals surface area contributed by atoms with Crippen LogP contribution in [-0.4, -0.2) is 43.6 Å². The SMILES string of the molecule is CS(=O)(=O)CCC(=O)NC1CCC(O)CC1. The van der Waals surface area contributed by atoms with E-state index in [1.54, 1.807) is 0 Å². The summed E-state index contributed by atoms with van der Waals surface area (Å²) in [5.41, 5.74) is 0. The number of nitrogens with one attached hydrogen (secondary N) is 1. The van der Waals surface area contributed by atoms with Gasteiger partial charge in [-0.3, -0.25) is 4.79 Å². The van der Waals surface area contributed by atoms with Crippen molar-refractivity contribution in [3.63, 3.8) is 0 Å². The molecule has 0 heterocycles. The Kier molecular flexibility index (Phi) is 4.73. The number of sulfone groups is 1. The second kappa shape index (κ2) is 5.63. The number of rotatable bonds is 4. The Bertz CT molecular complexity index is 331. The molecule has 0 unspecified atom stereocenters. The second-order valence-corrected chi connectivity index (χ2v) is 6.71. The molecule has 16 heavy (non-hydrogen) atoms. The van der Waals surface area contributed by atoms with E-state index in [1.807, 2.05) is 0 Å². The van der Waals surface area contributed by atoms with E-state index in [1.165, 1.54) is 0 Å². The summed E-state index contributed by atoms with van der Waals surface area (Å²) in [6.07, 6.45) is 3.85. The molecule has 0 aromatic rings. The summed E-state index contributed by atoms with van der Waals surface area (Å²) < 4.78 is 21.7. The van der Waals surface area contributed by atoms with E-state index in [0.29, 0.717) is 12.8 Å². The van der Waals surface area contributed by atoms with Crippen molar-refractivity contribution in [2.24, 2.45) is 0 Å². The molecule has 0 radical (unpaired) electrons. The van der Waals surface area contributed by atoms with Crippen molar-refractivity contribution in [1.29, 1.82) is 0 Å². The van der Waals surface area contributed by atoms with Crippen LogP contribution in [0.2, 0.25) is 0 Å². The zero-order valence-electron chi connectivity index (χ0n) is 9.48. The first-order chi connectivity index (χ1) is 7.37. The number of carbonyl (C=O) groups excluding carboxylic acids is 1. The predicted octanol–water partition coefficient (Wildman–Crippen LogP) is -0.159. The van der Waals surface area contributed by atoms with Crippen LogP contribution in [0.4, 0.5) is 0 Å². The monoisotopic (exact) mass is 249 g/mol. The number of carbonyl (C=O) groups is 1. The molecule has 0 spiro atoms. The van der Waals surface area contributed by atoms with E-state index >= 15 is 0 Å². The van der Waals surface area contributed by atoms with Crippen LogP contribution in [-0.2, 0) is 14.6 Å². The van der Waals surface area contributed by atoms with E-state index in [2.05, 4.69) is 5.32 Å². The summed E-state index contributed by atoms with van der Waals surface area (Å²) in [4.78, 5) is 11.4. The Labute approximate surface area is 96.1 Å². The molecule has 94 valence electrons. The second-order valence-electron chi connectivity index (χ2n) is 4.45. The van der Waals surface area contributed by atoms with Crippen LogP contribution in [0.5, 0.6) is 0 Å². The Hall–Kier alpha value is -0.620. The number of amides is 1. The molecule has 0 bridgehead atoms. The minimum Gasteiger partial charge on any atom is -0.393 e. The Balaban J connectivity index is 2.24. The highest BCUT2D eigenvalue weighted by molar-refractivity contribution is 7.90. The van der Waals surface area contributed by atoms with E-state index in [0.717, 1.165) is 19.1 Å². The molecule has 5 nitrogen and oxygen atoms in total. The van der Waals surface area contributed by atoms with Crippen LogP contribution in [0.15, 0.2) is 0 Å². The van der Waals surface area contributed by atoms with Crippen molar-refractivity contribution >= 4 is 15.7 Å². The smallest absolute Gasteiger partial charge is 0.221 e. The fourth-order valence-corrected chi connectivity index (χ4v) is 2.35. The molecule has 6 heteroatoms. The van der Waals surface area contributed by atoms with Gasteiger partial charge >= 0.3 is 0 Å². The fourth-order valence-electron chi connectivity index (χ4n) is 1.80. The van der Waals surface area contributed by atoms with Gasteiger partial charge in [0.25, 0.3) is 0 Å². The number of hydrogen-bond donors (Lipinski definition) is 2. The lowest BCUT2D eigenvalue weighted by Gasteiger charge is -2.26. The van der Waals surface area contributed by atoms with Crippen LogP contribution >= 0.6 is 0 Å². The number of aliphatic hydroxyl groups is 1. The van der Waals surface area contributed by atoms with Crippen LogP contribution < -0.4 is 5.32 Å². The first-order valence-corrected chi connectivity index (χ1v) is 7.58. The average Bonchev–Trinajstić information content (AvgIpc) is 2.18. The van der Waals surface area contributed by atoms with Crippen molar-refractivity contribution in [2.75, 3.05) is 12.0 Å². The normalized spacial score (nSPS) is 26.4. The van der Waals surface area contributed by atoms with Crippen molar-refractivity contribution in [3.05, 3.63) is 0 Å². The van der Waals surface area contributed by atoms with Gasteiger partial charge in [0.15, 0.2) is 0 Å². The third kappa shape index (κ3) is 5.46. The predicted molar refractivity (Wildman–Crippen MR) is 60.7 cm³/mol. The van der Waals surface area contributed by atoms with E-state index in [4.69, 9.17) is 0 Å². The lowest BCUT2D eigenvalue weighted by molar-refractivity contribution is -0.121. The quantitative estimate of drug-likeness (QED) is 0.725. The molecule has 0 saturated heterocycles. The van der Waals surface area contributed by atoms with Gasteiger partial charge in [0.1, 0.15) is 9.84 Å². The van der Waals surface area contributed by atoms with Gasteiger partial charge in [-0.05, 0) is 25.7 Å². The summed E-state index contributed by atoms with van der Waals surface area (Å²) in [6, 6.07) is 0.0930. The number of hydrogen-bond acceptors (Lipinski definition) is 4. The molecule has 0 aliphatic heterocycles. The molecular weight excluding hydrogens is 230 g/mol. The molecule has 0 aromatic heterocycles. The van der Waals surface area contributed by atoms with Gasteiger partial charge < -0.3 is 10.4 Å². The molecule has 1 aliphatic carbocycles. The highest BCUT2D eigenvalue weighted by Gasteiger charge is 2.20. The van der Waals surface area contributed by atoms with Crippen molar-refractivity contribution in [3.8, 4) is 0 Å². The lowest BCUT2D eigenvalue weighted by Crippen LogP contribution is -2.39. The minimum atomic E-state index is -3.07. The van der Waals surface area contributed by atoms with Gasteiger partial charge in [-0.25, -0.2) is 8.42 Å². The van der Waals surface area contributed by atoms with E-state index in [-0.39, 0.29) is 30.2 Å². The minimum absolute atomic E-state index is 0.0257. The van der Waals surface area contributed by atoms with Crippen LogP contribution in [0.25, 0.3) is 0 Å². The molecule has 0 atom stereocenters. The van der Waals surface area contributed by atoms with E-state index < -0.39 is 9.84 Å². The highest BCUT2D eigenvalue weighted by atomic mass is 32.2. The van der Waals surface area contributed by atoms with Gasteiger partial charge in [-0.1, -0.05) is 0 Å². The summed E-state index contributed by atoms with van der Waals surface area (Å²) in [7, 11) is -3.07. The Morgan fingerprint density at radius 2 is 1.88 bits per heavy atom. The molecule has 0 aromatic carbocycles. The third-order valence-electron chi connectivity index (χ3n) is 2.76. The zero-order chi connectivity index (χ0) is 12.2. The maximum Gasteiger partial charge on any atom is 0.221 e. The van der Waals surface area contributed by atoms with E-state index in [9.17, 15) is 18.3 Å². The fraction of sp³-hybridized carbons (Fsp3) is 0.900. The highest BCUT2D eigenvalue weighted by Crippen LogP contribution is 2.18. The summed E-state index contributed by atoms with van der Waals surface area (Å²) in [5.74, 6) is -0.319. The Morgan fingerprint density at radius 1 is 1.31 bits per heavy atom. The molecule has 1 saturated carbocycles. The molecule has 2 N–H and O–H groups in total. The molecule has 1 fully saturated rings. The van der Waals surface area contributed by atoms with Crippen LogP contribution in [0.1, 0.15) is 32.1 Å². The maximum atomic E-state index is 11.4. The van der Waals surface area contributed by atoms with Crippen LogP contribution in [0.3, 0.4) is 0 Å². The van der Waals surface area contributed by atoms with Crippen molar-refractivity contribution < 1.29 is 18.3 Å². The molecule has 1 amide bonds. The first kappa shape index (κ1) is 13.4. The Morgan fingerprint density at radius 3 is 2.38 bits per heavy atom. The lowest BCUT2D eigenvalue weighted by atomic mass is 9.93. The summed E-state index contributed by atoms with van der Waals surface area (Å²) in [5, 5.41) is 12.1. The third-order valence-corrected chi connectivity index (χ3v) is 3.71. The van der Waals surface area contributed by atoms with Crippen molar-refractivity contribution in [1.82, 2.24) is 5.32 Å². The average molecular weight is 249 g/mol. The van der Waals surface area contributed by atoms with Gasteiger partial charge in [0.05, 0.1) is 11.9 Å². The van der Waals surface area contributed by atoms with Crippen molar-refractivity contribution in [2.45, 2.75) is 44.2 Å². The standard InChI is InChI=1S/C10H19NO4S/c1-16(14,15)7-6-10(13)11-8-2-4-9(12)5-3-8/h8-9,12H,2-7H2,1H3,(H,11,13). The van der Waals surface area contributed by atoms with Gasteiger partial charge in [0.2, 0.25) is 5.91 Å². The largest absolute Gasteiger partial charge is 0.393 e. The van der Waals surface area contributed by atoms with Gasteiger partial charge in [-0.2, -0.15) is 0 Å². The topological polar surface area (TPSA) is 83.5 Å². The van der Waals surface area contributed by atoms with Gasteiger partial charge in [0, 0.05) is 18.7 Å². The maximum absolute atomic E-state index is 11.4.